The molecule has 0 atom stereocenters. The van der Waals surface area contributed by atoms with E-state index in [-0.39, 0.29) is 29.4 Å². The van der Waals surface area contributed by atoms with Crippen molar-refractivity contribution in [3.8, 4) is 0 Å². The Morgan fingerprint density at radius 2 is 1.96 bits per heavy atom. The van der Waals surface area contributed by atoms with E-state index < -0.39 is 0 Å². The smallest absolute Gasteiger partial charge is 0.232 e. The Morgan fingerprint density at radius 1 is 1.25 bits per heavy atom. The van der Waals surface area contributed by atoms with Crippen LogP contribution >= 0.6 is 24.0 Å². The minimum absolute atomic E-state index is 0. The lowest BCUT2D eigenvalue weighted by atomic mass is 9.67. The van der Waals surface area contributed by atoms with Gasteiger partial charge in [0, 0.05) is 18.5 Å². The number of halogens is 1. The molecule has 0 aliphatic heterocycles. The van der Waals surface area contributed by atoms with Crippen molar-refractivity contribution in [3.05, 3.63) is 11.7 Å². The maximum Gasteiger partial charge on any atom is 0.232 e. The van der Waals surface area contributed by atoms with Crippen LogP contribution in [0, 0.1) is 5.41 Å². The first-order valence-corrected chi connectivity index (χ1v) is 8.74. The second-order valence-electron chi connectivity index (χ2n) is 7.52. The molecule has 0 radical (unpaired) electrons. The van der Waals surface area contributed by atoms with Gasteiger partial charge >= 0.3 is 0 Å². The number of nitrogens with zero attached hydrogens (tertiary/aromatic N) is 3. The summed E-state index contributed by atoms with van der Waals surface area (Å²) >= 11 is 0. The molecule has 0 unspecified atom stereocenters. The van der Waals surface area contributed by atoms with Crippen LogP contribution in [0.1, 0.15) is 72.0 Å². The van der Waals surface area contributed by atoms with Gasteiger partial charge in [-0.25, -0.2) is 4.99 Å². The zero-order chi connectivity index (χ0) is 16.9. The molecule has 0 bridgehead atoms. The van der Waals surface area contributed by atoms with E-state index in [0.717, 1.165) is 19.0 Å². The second kappa shape index (κ2) is 9.01. The van der Waals surface area contributed by atoms with Gasteiger partial charge in [0.05, 0.1) is 0 Å². The fourth-order valence-corrected chi connectivity index (χ4v) is 2.72. The maximum absolute atomic E-state index is 5.31. The minimum Gasteiger partial charge on any atom is -0.357 e. The first-order chi connectivity index (χ1) is 10.9. The van der Waals surface area contributed by atoms with E-state index in [2.05, 4.69) is 60.4 Å². The van der Waals surface area contributed by atoms with E-state index in [1.54, 1.807) is 0 Å². The summed E-state index contributed by atoms with van der Waals surface area (Å²) in [5.74, 6) is 2.11. The zero-order valence-electron chi connectivity index (χ0n) is 15.6. The summed E-state index contributed by atoms with van der Waals surface area (Å²) in [6.45, 7) is 12.8. The predicted molar refractivity (Wildman–Crippen MR) is 108 cm³/mol. The molecule has 0 aromatic carbocycles. The summed E-state index contributed by atoms with van der Waals surface area (Å²) in [6.07, 6.45) is 5.20. The molecule has 0 amide bonds. The number of aliphatic imine (C=N–C) groups is 1. The van der Waals surface area contributed by atoms with Crippen LogP contribution in [-0.4, -0.2) is 29.2 Å². The standard InChI is InChI=1S/C17H31N5O.HI/c1-6-17(9-8-10-17)12-20-15(18-7-2)19-11-13-21-14(23-22-13)16(3,4)5;/h6-12H2,1-5H3,(H2,18,19,20);1H. The zero-order valence-corrected chi connectivity index (χ0v) is 17.9. The van der Waals surface area contributed by atoms with Gasteiger partial charge in [-0.15, -0.1) is 24.0 Å². The lowest BCUT2D eigenvalue weighted by molar-refractivity contribution is 0.131. The van der Waals surface area contributed by atoms with Gasteiger partial charge in [0.25, 0.3) is 0 Å². The van der Waals surface area contributed by atoms with Gasteiger partial charge in [0.2, 0.25) is 5.89 Å². The SMILES string of the molecule is CCNC(=NCc1noc(C(C)(C)C)n1)NCC1(CC)CCC1.I. The maximum atomic E-state index is 5.31. The normalized spacial score (nSPS) is 17.0. The van der Waals surface area contributed by atoms with Gasteiger partial charge in [0.1, 0.15) is 6.54 Å². The van der Waals surface area contributed by atoms with Gasteiger partial charge in [-0.1, -0.05) is 39.3 Å². The third-order valence-electron chi connectivity index (χ3n) is 4.63. The molecular weight excluding hydrogens is 417 g/mol. The Labute approximate surface area is 162 Å². The van der Waals surface area contributed by atoms with Crippen molar-refractivity contribution in [1.29, 1.82) is 0 Å². The largest absolute Gasteiger partial charge is 0.357 e. The predicted octanol–water partition coefficient (Wildman–Crippen LogP) is 3.62. The molecule has 1 fully saturated rings. The summed E-state index contributed by atoms with van der Waals surface area (Å²) < 4.78 is 5.31. The third kappa shape index (κ3) is 5.60. The molecule has 1 saturated carbocycles. The Kier molecular flexibility index (Phi) is 7.95. The summed E-state index contributed by atoms with van der Waals surface area (Å²) in [4.78, 5) is 9.01. The van der Waals surface area contributed by atoms with Crippen molar-refractivity contribution < 1.29 is 4.52 Å². The van der Waals surface area contributed by atoms with Crippen LogP contribution in [0.3, 0.4) is 0 Å². The van der Waals surface area contributed by atoms with Crippen LogP contribution < -0.4 is 10.6 Å². The molecule has 7 heteroatoms. The third-order valence-corrected chi connectivity index (χ3v) is 4.63. The number of hydrogen-bond acceptors (Lipinski definition) is 4. The lowest BCUT2D eigenvalue weighted by Gasteiger charge is -2.41. The molecule has 1 aromatic rings. The lowest BCUT2D eigenvalue weighted by Crippen LogP contribution is -2.46. The topological polar surface area (TPSA) is 75.3 Å². The number of rotatable bonds is 6. The molecule has 1 aliphatic carbocycles. The van der Waals surface area contributed by atoms with Gasteiger partial charge in [0.15, 0.2) is 11.8 Å². The first kappa shape index (κ1) is 21.2. The molecule has 2 rings (SSSR count). The summed E-state index contributed by atoms with van der Waals surface area (Å²) in [6, 6.07) is 0. The first-order valence-electron chi connectivity index (χ1n) is 8.74. The summed E-state index contributed by atoms with van der Waals surface area (Å²) in [7, 11) is 0. The molecule has 2 N–H and O–H groups in total. The Morgan fingerprint density at radius 3 is 2.42 bits per heavy atom. The van der Waals surface area contributed by atoms with Crippen LogP contribution in [0.2, 0.25) is 0 Å². The molecule has 6 nitrogen and oxygen atoms in total. The highest BCUT2D eigenvalue weighted by Crippen LogP contribution is 2.42. The van der Waals surface area contributed by atoms with E-state index in [1.165, 1.54) is 25.7 Å². The highest BCUT2D eigenvalue weighted by Gasteiger charge is 2.34. The summed E-state index contributed by atoms with van der Waals surface area (Å²) in [5.41, 5.74) is 0.331. The van der Waals surface area contributed by atoms with Gasteiger partial charge in [-0.05, 0) is 31.6 Å². The molecule has 1 aromatic heterocycles. The van der Waals surface area contributed by atoms with Gasteiger partial charge < -0.3 is 15.2 Å². The fraction of sp³-hybridized carbons (Fsp3) is 0.824. The van der Waals surface area contributed by atoms with Crippen molar-refractivity contribution in [2.45, 2.75) is 72.3 Å². The van der Waals surface area contributed by atoms with Crippen molar-refractivity contribution >= 4 is 29.9 Å². The fourth-order valence-electron chi connectivity index (χ4n) is 2.72. The van der Waals surface area contributed by atoms with Gasteiger partial charge in [-0.3, -0.25) is 0 Å². The molecule has 0 saturated heterocycles. The number of nitrogens with one attached hydrogen (secondary N) is 2. The van der Waals surface area contributed by atoms with Crippen LogP contribution in [-0.2, 0) is 12.0 Å². The Hall–Kier alpha value is -0.860. The highest BCUT2D eigenvalue weighted by atomic mass is 127. The second-order valence-corrected chi connectivity index (χ2v) is 7.52. The van der Waals surface area contributed by atoms with Crippen molar-refractivity contribution in [1.82, 2.24) is 20.8 Å². The van der Waals surface area contributed by atoms with Crippen LogP contribution in [0.25, 0.3) is 0 Å². The Balaban J connectivity index is 0.00000288. The van der Waals surface area contributed by atoms with Crippen LogP contribution in [0.15, 0.2) is 9.52 Å². The summed E-state index contributed by atoms with van der Waals surface area (Å²) in [5, 5.41) is 10.8. The molecular formula is C17H32IN5O. The molecule has 0 spiro atoms. The molecule has 1 heterocycles. The van der Waals surface area contributed by atoms with Gasteiger partial charge in [-0.2, -0.15) is 4.98 Å². The monoisotopic (exact) mass is 449 g/mol. The molecule has 138 valence electrons. The average molecular weight is 449 g/mol. The van der Waals surface area contributed by atoms with Crippen molar-refractivity contribution in [3.63, 3.8) is 0 Å². The minimum atomic E-state index is -0.130. The van der Waals surface area contributed by atoms with Crippen LogP contribution in [0.5, 0.6) is 0 Å². The van der Waals surface area contributed by atoms with E-state index in [4.69, 9.17) is 4.52 Å². The average Bonchev–Trinajstić information content (AvgIpc) is 2.93. The number of guanidine groups is 1. The van der Waals surface area contributed by atoms with Crippen LogP contribution in [0.4, 0.5) is 0 Å². The van der Waals surface area contributed by atoms with E-state index >= 15 is 0 Å². The van der Waals surface area contributed by atoms with E-state index in [0.29, 0.717) is 23.7 Å². The van der Waals surface area contributed by atoms with Crippen molar-refractivity contribution in [2.75, 3.05) is 13.1 Å². The van der Waals surface area contributed by atoms with E-state index in [1.807, 2.05) is 0 Å². The Bertz CT molecular complexity index is 526. The quantitative estimate of drug-likeness (QED) is 0.394. The highest BCUT2D eigenvalue weighted by molar-refractivity contribution is 14.0. The number of aromatic nitrogens is 2. The molecule has 1 aliphatic rings. The molecule has 24 heavy (non-hydrogen) atoms. The van der Waals surface area contributed by atoms with Crippen molar-refractivity contribution in [2.24, 2.45) is 10.4 Å². The number of hydrogen-bond donors (Lipinski definition) is 2. The van der Waals surface area contributed by atoms with E-state index in [9.17, 15) is 0 Å².